The predicted molar refractivity (Wildman–Crippen MR) is 121 cm³/mol. The second kappa shape index (κ2) is 10.7. The fourth-order valence-corrected chi connectivity index (χ4v) is 4.17. The van der Waals surface area contributed by atoms with E-state index >= 15 is 0 Å². The van der Waals surface area contributed by atoms with Crippen molar-refractivity contribution in [3.63, 3.8) is 0 Å². The largest absolute Gasteiger partial charge is 0.490 e. The topological polar surface area (TPSA) is 92.3 Å². The van der Waals surface area contributed by atoms with Gasteiger partial charge in [0.15, 0.2) is 0 Å². The van der Waals surface area contributed by atoms with Crippen LogP contribution in [0.3, 0.4) is 0 Å². The van der Waals surface area contributed by atoms with Gasteiger partial charge in [0, 0.05) is 24.9 Å². The molecule has 1 fully saturated rings. The zero-order valence-corrected chi connectivity index (χ0v) is 18.4. The maximum absolute atomic E-state index is 10.6. The fraction of sp³-hybridized carbons (Fsp3) is 0.261. The molecule has 6 nitrogen and oxygen atoms in total. The number of thioether (sulfide) groups is 1. The van der Waals surface area contributed by atoms with Crippen LogP contribution in [-0.4, -0.2) is 40.3 Å². The van der Waals surface area contributed by atoms with Gasteiger partial charge in [-0.05, 0) is 17.5 Å². The van der Waals surface area contributed by atoms with E-state index in [0.717, 1.165) is 36.1 Å². The van der Waals surface area contributed by atoms with Crippen LogP contribution in [0.1, 0.15) is 17.5 Å². The molecule has 10 heteroatoms. The molecular weight excluding hydrogens is 453 g/mol. The Balaban J connectivity index is 0.000000383. The average Bonchev–Trinajstić information content (AvgIpc) is 3.22. The van der Waals surface area contributed by atoms with E-state index in [1.54, 1.807) is 18.1 Å². The van der Waals surface area contributed by atoms with Gasteiger partial charge in [-0.3, -0.25) is 0 Å². The molecule has 174 valence electrons. The molecule has 3 aromatic rings. The van der Waals surface area contributed by atoms with E-state index in [1.807, 2.05) is 12.1 Å². The van der Waals surface area contributed by atoms with E-state index in [2.05, 4.69) is 69.5 Å². The Labute approximate surface area is 193 Å². The minimum Gasteiger partial charge on any atom is -0.475 e. The van der Waals surface area contributed by atoms with Crippen LogP contribution in [0.15, 0.2) is 78.1 Å². The monoisotopic (exact) mass is 476 g/mol. The molecule has 4 rings (SSSR count). The number of nitrogens with zero attached hydrogens (tertiary/aromatic N) is 3. The summed E-state index contributed by atoms with van der Waals surface area (Å²) in [4.78, 5) is 20.1. The maximum atomic E-state index is 10.6. The van der Waals surface area contributed by atoms with Crippen molar-refractivity contribution in [3.05, 3.63) is 84.2 Å². The Kier molecular flexibility index (Phi) is 7.93. The lowest BCUT2D eigenvalue weighted by molar-refractivity contribution is -0.192. The molecule has 1 aliphatic rings. The second-order valence-corrected chi connectivity index (χ2v) is 8.48. The van der Waals surface area contributed by atoms with Gasteiger partial charge >= 0.3 is 12.1 Å². The number of hydrogen-bond acceptors (Lipinski definition) is 6. The summed E-state index contributed by atoms with van der Waals surface area (Å²) in [5.41, 5.74) is 8.86. The predicted octanol–water partition coefficient (Wildman–Crippen LogP) is 4.47. The number of nitrogens with two attached hydrogens (primary N) is 1. The van der Waals surface area contributed by atoms with E-state index in [9.17, 15) is 13.2 Å². The standard InChI is InChI=1S/C21H22N4S.C2HF3O2/c22-21(18-9-5-2-6-10-18)11-12-25(15-21)19-13-20(24-16-23-19)26-14-17-7-3-1-4-8-17;3-2(4,5)1(6)7/h1-10,13,16H,11-12,14-15,22H2;(H,6,7). The van der Waals surface area contributed by atoms with Crippen molar-refractivity contribution in [2.24, 2.45) is 5.73 Å². The number of carboxylic acid groups (broad SMARTS) is 1. The third kappa shape index (κ3) is 6.93. The summed E-state index contributed by atoms with van der Waals surface area (Å²) in [6, 6.07) is 22.9. The molecule has 0 radical (unpaired) electrons. The molecule has 0 aliphatic carbocycles. The van der Waals surface area contributed by atoms with Crippen LogP contribution in [0.5, 0.6) is 0 Å². The fourth-order valence-electron chi connectivity index (χ4n) is 3.35. The summed E-state index contributed by atoms with van der Waals surface area (Å²) in [6.45, 7) is 1.68. The van der Waals surface area contributed by atoms with Crippen molar-refractivity contribution in [1.29, 1.82) is 0 Å². The van der Waals surface area contributed by atoms with E-state index in [-0.39, 0.29) is 5.54 Å². The summed E-state index contributed by atoms with van der Waals surface area (Å²) < 4.78 is 31.7. The first-order valence-electron chi connectivity index (χ1n) is 10.1. The first-order valence-corrected chi connectivity index (χ1v) is 11.0. The highest BCUT2D eigenvalue weighted by Crippen LogP contribution is 2.32. The maximum Gasteiger partial charge on any atom is 0.490 e. The summed E-state index contributed by atoms with van der Waals surface area (Å²) in [7, 11) is 0. The van der Waals surface area contributed by atoms with E-state index < -0.39 is 12.1 Å². The van der Waals surface area contributed by atoms with Crippen molar-refractivity contribution in [2.45, 2.75) is 28.9 Å². The van der Waals surface area contributed by atoms with Crippen LogP contribution in [0.4, 0.5) is 19.0 Å². The Morgan fingerprint density at radius 1 is 1.09 bits per heavy atom. The lowest BCUT2D eigenvalue weighted by atomic mass is 9.90. The second-order valence-electron chi connectivity index (χ2n) is 7.49. The molecule has 2 aromatic carbocycles. The molecule has 1 atom stereocenters. The number of carbonyl (C=O) groups is 1. The Bertz CT molecular complexity index is 1050. The quantitative estimate of drug-likeness (QED) is 0.415. The van der Waals surface area contributed by atoms with Gasteiger partial charge in [0.05, 0.1) is 5.54 Å². The van der Waals surface area contributed by atoms with Gasteiger partial charge in [0.1, 0.15) is 17.2 Å². The molecule has 33 heavy (non-hydrogen) atoms. The number of aliphatic carboxylic acids is 1. The van der Waals surface area contributed by atoms with Crippen molar-refractivity contribution in [1.82, 2.24) is 9.97 Å². The lowest BCUT2D eigenvalue weighted by Crippen LogP contribution is -2.39. The summed E-state index contributed by atoms with van der Waals surface area (Å²) in [5.74, 6) is -0.895. The van der Waals surface area contributed by atoms with Crippen LogP contribution >= 0.6 is 11.8 Å². The molecule has 1 aliphatic heterocycles. The third-order valence-corrected chi connectivity index (χ3v) is 6.07. The van der Waals surface area contributed by atoms with Crippen molar-refractivity contribution >= 4 is 23.5 Å². The SMILES string of the molecule is NC1(c2ccccc2)CCN(c2cc(SCc3ccccc3)ncn2)C1.O=C(O)C(F)(F)F. The number of rotatable bonds is 5. The highest BCUT2D eigenvalue weighted by Gasteiger charge is 2.38. The van der Waals surface area contributed by atoms with Crippen molar-refractivity contribution in [3.8, 4) is 0 Å². The molecule has 0 amide bonds. The van der Waals surface area contributed by atoms with Gasteiger partial charge in [-0.2, -0.15) is 13.2 Å². The number of anilines is 1. The van der Waals surface area contributed by atoms with E-state index in [4.69, 9.17) is 15.6 Å². The number of hydrogen-bond donors (Lipinski definition) is 2. The Morgan fingerprint density at radius 2 is 1.70 bits per heavy atom. The highest BCUT2D eigenvalue weighted by atomic mass is 32.2. The van der Waals surface area contributed by atoms with E-state index in [1.165, 1.54) is 11.1 Å². The van der Waals surface area contributed by atoms with Gasteiger partial charge in [0.2, 0.25) is 0 Å². The van der Waals surface area contributed by atoms with Crippen LogP contribution in [0, 0.1) is 0 Å². The number of benzene rings is 2. The van der Waals surface area contributed by atoms with Gasteiger partial charge in [-0.1, -0.05) is 60.7 Å². The Morgan fingerprint density at radius 3 is 2.30 bits per heavy atom. The minimum absolute atomic E-state index is 0.316. The van der Waals surface area contributed by atoms with Gasteiger partial charge in [0.25, 0.3) is 0 Å². The number of halogens is 3. The number of alkyl halides is 3. The first-order chi connectivity index (χ1) is 15.7. The van der Waals surface area contributed by atoms with Gasteiger partial charge in [-0.25, -0.2) is 14.8 Å². The zero-order valence-electron chi connectivity index (χ0n) is 17.6. The first kappa shape index (κ1) is 24.5. The molecule has 1 aromatic heterocycles. The molecular formula is C23H23F3N4O2S. The van der Waals surface area contributed by atoms with Crippen LogP contribution in [0.2, 0.25) is 0 Å². The summed E-state index contributed by atoms with van der Waals surface area (Å²) in [5, 5.41) is 8.12. The van der Waals surface area contributed by atoms with Crippen LogP contribution in [0.25, 0.3) is 0 Å². The minimum atomic E-state index is -5.08. The molecule has 0 spiro atoms. The van der Waals surface area contributed by atoms with Crippen LogP contribution < -0.4 is 10.6 Å². The summed E-state index contributed by atoms with van der Waals surface area (Å²) in [6.07, 6.45) is -2.50. The molecule has 0 saturated carbocycles. The van der Waals surface area contributed by atoms with Crippen LogP contribution in [-0.2, 0) is 16.1 Å². The highest BCUT2D eigenvalue weighted by molar-refractivity contribution is 7.98. The summed E-state index contributed by atoms with van der Waals surface area (Å²) >= 11 is 1.73. The molecule has 1 unspecified atom stereocenters. The molecule has 2 heterocycles. The Hall–Kier alpha value is -3.11. The third-order valence-electron chi connectivity index (χ3n) is 5.07. The van der Waals surface area contributed by atoms with Crippen molar-refractivity contribution in [2.75, 3.05) is 18.0 Å². The van der Waals surface area contributed by atoms with E-state index in [0.29, 0.717) is 0 Å². The molecule has 1 saturated heterocycles. The van der Waals surface area contributed by atoms with Gasteiger partial charge in [-0.15, -0.1) is 11.8 Å². The van der Waals surface area contributed by atoms with Gasteiger partial charge < -0.3 is 15.7 Å². The zero-order chi connectivity index (χ0) is 23.9. The number of aromatic nitrogens is 2. The average molecular weight is 477 g/mol. The molecule has 3 N–H and O–H groups in total. The normalized spacial score (nSPS) is 17.9. The van der Waals surface area contributed by atoms with Crippen molar-refractivity contribution < 1.29 is 23.1 Å². The lowest BCUT2D eigenvalue weighted by Gasteiger charge is -2.25. The smallest absolute Gasteiger partial charge is 0.475 e. The molecule has 0 bridgehead atoms. The number of carboxylic acids is 1.